The molecule has 0 atom stereocenters. The lowest BCUT2D eigenvalue weighted by molar-refractivity contribution is -0.349. The number of hydrogen-bond acceptors (Lipinski definition) is 3. The van der Waals surface area contributed by atoms with Crippen LogP contribution in [0.5, 0.6) is 0 Å². The lowest BCUT2D eigenvalue weighted by atomic mass is 9.98. The highest BCUT2D eigenvalue weighted by Crippen LogP contribution is 2.55. The van der Waals surface area contributed by atoms with E-state index >= 15 is 0 Å². The van der Waals surface area contributed by atoms with E-state index in [2.05, 4.69) is 0 Å². The lowest BCUT2D eigenvalue weighted by Gasteiger charge is -2.35. The molecule has 0 spiro atoms. The van der Waals surface area contributed by atoms with E-state index in [0.29, 0.717) is 0 Å². The Balaban J connectivity index is 0. The van der Waals surface area contributed by atoms with Gasteiger partial charge in [-0.2, -0.15) is 56.7 Å². The first-order valence-electron chi connectivity index (χ1n) is 7.26. The van der Waals surface area contributed by atoms with Crippen molar-refractivity contribution in [3.05, 3.63) is 0 Å². The van der Waals surface area contributed by atoms with Crippen molar-refractivity contribution in [2.45, 2.75) is 74.1 Å². The highest BCUT2D eigenvalue weighted by molar-refractivity contribution is 7.87. The first-order valence-corrected chi connectivity index (χ1v) is 8.70. The molecule has 0 radical (unpaired) electrons. The van der Waals surface area contributed by atoms with Crippen LogP contribution in [-0.2, 0) is 10.1 Å². The van der Waals surface area contributed by atoms with Crippen LogP contribution in [0.25, 0.3) is 0 Å². The zero-order valence-electron chi connectivity index (χ0n) is 14.0. The summed E-state index contributed by atoms with van der Waals surface area (Å²) in [7, 11) is -7.14. The Labute approximate surface area is 152 Å². The van der Waals surface area contributed by atoms with Gasteiger partial charge < -0.3 is 6.15 Å². The molecule has 0 aromatic carbocycles. The number of alkyl halides is 11. The van der Waals surface area contributed by atoms with Crippen LogP contribution in [0.3, 0.4) is 0 Å². The van der Waals surface area contributed by atoms with Gasteiger partial charge in [0.2, 0.25) is 0 Å². The fraction of sp³-hybridized carbons (Fsp3) is 1.00. The molecule has 0 aromatic heterocycles. The van der Waals surface area contributed by atoms with Crippen molar-refractivity contribution in [2.75, 3.05) is 0 Å². The molecule has 0 saturated carbocycles. The highest BCUT2D eigenvalue weighted by Gasteiger charge is 2.84. The Morgan fingerprint density at radius 1 is 0.607 bits per heavy atom. The molecule has 16 heteroatoms. The first-order chi connectivity index (χ1) is 11.7. The smallest absolute Gasteiger partial charge is 0.344 e. The number of unbranched alkanes of at least 4 members (excludes halogenated alkanes) is 4. The van der Waals surface area contributed by atoms with E-state index in [4.69, 9.17) is 4.55 Å². The van der Waals surface area contributed by atoms with Gasteiger partial charge in [-0.05, 0) is 12.8 Å². The lowest BCUT2D eigenvalue weighted by Crippen LogP contribution is -2.64. The molecule has 0 fully saturated rings. The largest absolute Gasteiger partial charge is 0.438 e. The van der Waals surface area contributed by atoms with Crippen LogP contribution in [0.4, 0.5) is 48.3 Å². The Kier molecular flexibility index (Phi) is 9.71. The molecule has 0 rings (SSSR count). The predicted octanol–water partition coefficient (Wildman–Crippen LogP) is 5.83. The zero-order chi connectivity index (χ0) is 21.9. The number of rotatable bonds is 11. The number of halogens is 11. The topological polar surface area (TPSA) is 89.4 Å². The third kappa shape index (κ3) is 6.57. The monoisotopic (exact) mass is 465 g/mol. The van der Waals surface area contributed by atoms with E-state index in [1.807, 2.05) is 0 Å². The molecule has 0 unspecified atom stereocenters. The molecule has 0 aliphatic rings. The van der Waals surface area contributed by atoms with Crippen molar-refractivity contribution in [3.8, 4) is 0 Å². The van der Waals surface area contributed by atoms with Crippen molar-refractivity contribution in [1.29, 1.82) is 0 Å². The summed E-state index contributed by atoms with van der Waals surface area (Å²) in [5, 5.41) is -6.88. The third-order valence-corrected chi connectivity index (χ3v) is 4.40. The minimum Gasteiger partial charge on any atom is -0.344 e. The predicted molar refractivity (Wildman–Crippen MR) is 74.7 cm³/mol. The molecular weight excluding hydrogens is 447 g/mol. The normalized spacial score (nSPS) is 14.7. The van der Waals surface area contributed by atoms with Crippen LogP contribution in [0.1, 0.15) is 44.9 Å². The second-order valence-electron chi connectivity index (χ2n) is 5.73. The summed E-state index contributed by atoms with van der Waals surface area (Å²) in [6.07, 6.45) is -9.64. The Morgan fingerprint density at radius 2 is 0.964 bits per heavy atom. The molecule has 28 heavy (non-hydrogen) atoms. The van der Waals surface area contributed by atoms with Gasteiger partial charge in [-0.25, -0.2) is 0 Å². The molecule has 0 aliphatic heterocycles. The third-order valence-electron chi connectivity index (χ3n) is 3.49. The summed E-state index contributed by atoms with van der Waals surface area (Å²) < 4.78 is 169. The van der Waals surface area contributed by atoms with Crippen LogP contribution in [-0.4, -0.2) is 42.2 Å². The molecule has 0 aliphatic carbocycles. The van der Waals surface area contributed by atoms with E-state index in [1.165, 1.54) is 0 Å². The van der Waals surface area contributed by atoms with Gasteiger partial charge in [0.1, 0.15) is 0 Å². The zero-order valence-corrected chi connectivity index (χ0v) is 14.8. The molecular formula is C12H18F11NO3S. The van der Waals surface area contributed by atoms with Crippen LogP contribution < -0.4 is 6.15 Å². The van der Waals surface area contributed by atoms with E-state index in [9.17, 15) is 56.7 Å². The average molecular weight is 465 g/mol. The van der Waals surface area contributed by atoms with Crippen molar-refractivity contribution >= 4 is 10.1 Å². The van der Waals surface area contributed by atoms with Gasteiger partial charge >= 0.3 is 39.3 Å². The summed E-state index contributed by atoms with van der Waals surface area (Å²) in [6.45, 7) is 0. The second kappa shape index (κ2) is 9.28. The Morgan fingerprint density at radius 3 is 1.32 bits per heavy atom. The van der Waals surface area contributed by atoms with Crippen LogP contribution >= 0.6 is 0 Å². The van der Waals surface area contributed by atoms with Gasteiger partial charge in [-0.3, -0.25) is 4.55 Å². The highest BCUT2D eigenvalue weighted by atomic mass is 32.2. The van der Waals surface area contributed by atoms with E-state index < -0.39 is 58.6 Å². The quantitative estimate of drug-likeness (QED) is 0.228. The SMILES string of the molecule is N.O=S(=O)(O)C(F)(F)C(F)(F)C(F)(F)C(F)(F)CCCCCCCC(F)(F)F. The summed E-state index contributed by atoms with van der Waals surface area (Å²) >= 11 is 0. The molecule has 4 N–H and O–H groups in total. The Hall–Kier alpha value is -0.900. The van der Waals surface area contributed by atoms with Crippen LogP contribution in [0.15, 0.2) is 0 Å². The minimum atomic E-state index is -7.14. The maximum absolute atomic E-state index is 13.4. The van der Waals surface area contributed by atoms with Gasteiger partial charge in [0.25, 0.3) is 0 Å². The van der Waals surface area contributed by atoms with E-state index in [1.54, 1.807) is 0 Å². The summed E-state index contributed by atoms with van der Waals surface area (Å²) in [5.74, 6) is -19.8. The van der Waals surface area contributed by atoms with Crippen molar-refractivity contribution in [1.82, 2.24) is 6.15 Å². The van der Waals surface area contributed by atoms with Crippen molar-refractivity contribution in [3.63, 3.8) is 0 Å². The molecule has 172 valence electrons. The van der Waals surface area contributed by atoms with Gasteiger partial charge in [-0.1, -0.05) is 19.3 Å². The summed E-state index contributed by atoms with van der Waals surface area (Å²) in [4.78, 5) is 0. The maximum Gasteiger partial charge on any atom is 0.438 e. The molecule has 0 heterocycles. The van der Waals surface area contributed by atoms with Gasteiger partial charge in [-0.15, -0.1) is 0 Å². The number of hydrogen-bond donors (Lipinski definition) is 2. The maximum atomic E-state index is 13.4. The first kappa shape index (κ1) is 29.3. The van der Waals surface area contributed by atoms with Gasteiger partial charge in [0, 0.05) is 12.8 Å². The molecule has 0 saturated heterocycles. The molecule has 4 nitrogen and oxygen atoms in total. The minimum absolute atomic E-state index is 0. The fourth-order valence-electron chi connectivity index (χ4n) is 1.93. The van der Waals surface area contributed by atoms with Gasteiger partial charge in [0.15, 0.2) is 0 Å². The summed E-state index contributed by atoms with van der Waals surface area (Å²) in [6, 6.07) is 0. The molecule has 0 amide bonds. The van der Waals surface area contributed by atoms with E-state index in [-0.39, 0.29) is 31.8 Å². The van der Waals surface area contributed by atoms with E-state index in [0.717, 1.165) is 0 Å². The Bertz CT molecular complexity index is 590. The van der Waals surface area contributed by atoms with Crippen molar-refractivity contribution < 1.29 is 61.3 Å². The van der Waals surface area contributed by atoms with Crippen LogP contribution in [0, 0.1) is 0 Å². The van der Waals surface area contributed by atoms with Gasteiger partial charge in [0.05, 0.1) is 0 Å². The summed E-state index contributed by atoms with van der Waals surface area (Å²) in [5.41, 5.74) is 0. The van der Waals surface area contributed by atoms with Crippen LogP contribution in [0.2, 0.25) is 0 Å². The standard InChI is InChI=1S/C12H15F11O3S.H3N/c13-8(14,6-4-2-1-3-5-7-9(15,16)17)10(18,19)11(20,21)12(22,23)27(24,25)26;/h1-7H2,(H,24,25,26);1H3. The second-order valence-corrected chi connectivity index (χ2v) is 7.19. The molecule has 0 bridgehead atoms. The fourth-order valence-corrected chi connectivity index (χ4v) is 2.39. The molecule has 0 aromatic rings. The van der Waals surface area contributed by atoms with Crippen molar-refractivity contribution in [2.24, 2.45) is 0 Å². The average Bonchev–Trinajstić information content (AvgIpc) is 2.43.